The smallest absolute Gasteiger partial charge is 0.254 e. The molecule has 0 aliphatic heterocycles. The molecule has 2 rings (SSSR count). The minimum absolute atomic E-state index is 0.0913. The van der Waals surface area contributed by atoms with Gasteiger partial charge in [-0.3, -0.25) is 9.89 Å². The van der Waals surface area contributed by atoms with Gasteiger partial charge in [0, 0.05) is 17.6 Å². The molecule has 2 aromatic rings. The first-order valence-corrected chi connectivity index (χ1v) is 5.81. The van der Waals surface area contributed by atoms with E-state index < -0.39 is 0 Å². The van der Waals surface area contributed by atoms with Crippen molar-refractivity contribution in [3.63, 3.8) is 0 Å². The highest BCUT2D eigenvalue weighted by molar-refractivity contribution is 6.31. The van der Waals surface area contributed by atoms with E-state index in [0.29, 0.717) is 23.0 Å². The number of carbonyl (C=O) groups is 1. The lowest BCUT2D eigenvalue weighted by molar-refractivity contribution is 0.0781. The zero-order chi connectivity index (χ0) is 13.1. The molecule has 94 valence electrons. The van der Waals surface area contributed by atoms with Gasteiger partial charge in [-0.25, -0.2) is 4.98 Å². The number of hydrogen-bond acceptors (Lipinski definition) is 3. The molecule has 0 radical (unpaired) electrons. The van der Waals surface area contributed by atoms with Crippen LogP contribution >= 0.6 is 11.6 Å². The minimum Gasteiger partial charge on any atom is -0.334 e. The number of H-pyrrole nitrogens is 1. The Morgan fingerprint density at radius 1 is 1.50 bits per heavy atom. The number of nitrogens with one attached hydrogen (secondary N) is 1. The number of carbonyl (C=O) groups excluding carboxylic acids is 1. The third-order valence-corrected chi connectivity index (χ3v) is 2.86. The molecule has 0 aliphatic rings. The molecule has 0 spiro atoms. The largest absolute Gasteiger partial charge is 0.334 e. The molecule has 0 atom stereocenters. The van der Waals surface area contributed by atoms with Crippen LogP contribution in [0.2, 0.25) is 5.02 Å². The maximum atomic E-state index is 12.2. The Kier molecular flexibility index (Phi) is 3.62. The third-order valence-electron chi connectivity index (χ3n) is 2.63. The second kappa shape index (κ2) is 5.18. The summed E-state index contributed by atoms with van der Waals surface area (Å²) in [5.41, 5.74) is 1.50. The van der Waals surface area contributed by atoms with E-state index in [4.69, 9.17) is 11.6 Å². The molecule has 1 amide bonds. The van der Waals surface area contributed by atoms with E-state index in [2.05, 4.69) is 15.2 Å². The predicted molar refractivity (Wildman–Crippen MR) is 68.4 cm³/mol. The molecule has 0 aliphatic carbocycles. The third kappa shape index (κ3) is 2.68. The SMILES string of the molecule is Cc1ccc(Cl)cc1C(=O)N(C)Cc1ncn[nH]1. The van der Waals surface area contributed by atoms with Gasteiger partial charge in [0.15, 0.2) is 0 Å². The molecule has 0 saturated carbocycles. The normalized spacial score (nSPS) is 10.4. The summed E-state index contributed by atoms with van der Waals surface area (Å²) in [5.74, 6) is 0.553. The number of amides is 1. The van der Waals surface area contributed by atoms with E-state index in [1.54, 1.807) is 24.1 Å². The van der Waals surface area contributed by atoms with Gasteiger partial charge in [0.2, 0.25) is 0 Å². The first-order valence-electron chi connectivity index (χ1n) is 5.44. The second-order valence-corrected chi connectivity index (χ2v) is 4.49. The summed E-state index contributed by atoms with van der Waals surface area (Å²) in [5, 5.41) is 7.02. The molecule has 0 unspecified atom stereocenters. The van der Waals surface area contributed by atoms with Gasteiger partial charge < -0.3 is 4.90 Å². The van der Waals surface area contributed by atoms with E-state index >= 15 is 0 Å². The summed E-state index contributed by atoms with van der Waals surface area (Å²) in [6, 6.07) is 5.28. The Bertz CT molecular complexity index is 553. The fourth-order valence-electron chi connectivity index (χ4n) is 1.63. The Labute approximate surface area is 110 Å². The van der Waals surface area contributed by atoms with E-state index in [1.165, 1.54) is 6.33 Å². The van der Waals surface area contributed by atoms with Crippen molar-refractivity contribution >= 4 is 17.5 Å². The number of aromatic amines is 1. The lowest BCUT2D eigenvalue weighted by atomic mass is 10.1. The van der Waals surface area contributed by atoms with Crippen molar-refractivity contribution in [3.05, 3.63) is 46.5 Å². The van der Waals surface area contributed by atoms with Crippen molar-refractivity contribution in [2.75, 3.05) is 7.05 Å². The van der Waals surface area contributed by atoms with Crippen LogP contribution in [0.1, 0.15) is 21.7 Å². The topological polar surface area (TPSA) is 61.9 Å². The zero-order valence-corrected chi connectivity index (χ0v) is 10.9. The molecule has 1 heterocycles. The fraction of sp³-hybridized carbons (Fsp3) is 0.250. The van der Waals surface area contributed by atoms with Gasteiger partial charge in [0.1, 0.15) is 12.2 Å². The van der Waals surface area contributed by atoms with Crippen molar-refractivity contribution in [3.8, 4) is 0 Å². The molecule has 18 heavy (non-hydrogen) atoms. The molecule has 0 bridgehead atoms. The number of hydrogen-bond donors (Lipinski definition) is 1. The molecule has 6 heteroatoms. The van der Waals surface area contributed by atoms with Crippen molar-refractivity contribution < 1.29 is 4.79 Å². The van der Waals surface area contributed by atoms with E-state index in [-0.39, 0.29) is 5.91 Å². The number of rotatable bonds is 3. The number of halogens is 1. The molecular formula is C12H13ClN4O. The van der Waals surface area contributed by atoms with Gasteiger partial charge in [-0.15, -0.1) is 0 Å². The Morgan fingerprint density at radius 2 is 2.28 bits per heavy atom. The summed E-state index contributed by atoms with van der Waals surface area (Å²) in [7, 11) is 1.71. The summed E-state index contributed by atoms with van der Waals surface area (Å²) in [6.45, 7) is 2.26. The van der Waals surface area contributed by atoms with Gasteiger partial charge in [0.05, 0.1) is 6.54 Å². The van der Waals surface area contributed by atoms with E-state index in [9.17, 15) is 4.79 Å². The highest BCUT2D eigenvalue weighted by Gasteiger charge is 2.15. The average Bonchev–Trinajstić information content (AvgIpc) is 2.84. The second-order valence-electron chi connectivity index (χ2n) is 4.05. The average molecular weight is 265 g/mol. The van der Waals surface area contributed by atoms with Gasteiger partial charge in [0.25, 0.3) is 5.91 Å². The van der Waals surface area contributed by atoms with Crippen LogP contribution in [0, 0.1) is 6.92 Å². The lowest BCUT2D eigenvalue weighted by Crippen LogP contribution is -2.27. The molecule has 1 aromatic carbocycles. The van der Waals surface area contributed by atoms with Crippen LogP contribution in [0.5, 0.6) is 0 Å². The van der Waals surface area contributed by atoms with E-state index in [1.807, 2.05) is 13.0 Å². The van der Waals surface area contributed by atoms with Gasteiger partial charge in [-0.2, -0.15) is 5.10 Å². The van der Waals surface area contributed by atoms with Gasteiger partial charge in [-0.05, 0) is 24.6 Å². The summed E-state index contributed by atoms with van der Waals surface area (Å²) < 4.78 is 0. The number of aryl methyl sites for hydroxylation is 1. The Morgan fingerprint density at radius 3 is 2.94 bits per heavy atom. The first kappa shape index (κ1) is 12.6. The molecule has 5 nitrogen and oxygen atoms in total. The molecular weight excluding hydrogens is 252 g/mol. The Balaban J connectivity index is 2.17. The number of aromatic nitrogens is 3. The van der Waals surface area contributed by atoms with Crippen LogP contribution in [0.4, 0.5) is 0 Å². The van der Waals surface area contributed by atoms with Crippen molar-refractivity contribution in [1.82, 2.24) is 20.1 Å². The number of nitrogens with zero attached hydrogens (tertiary/aromatic N) is 3. The van der Waals surface area contributed by atoms with Crippen LogP contribution < -0.4 is 0 Å². The van der Waals surface area contributed by atoms with Crippen LogP contribution in [0.3, 0.4) is 0 Å². The maximum absolute atomic E-state index is 12.2. The summed E-state index contributed by atoms with van der Waals surface area (Å²) in [6.07, 6.45) is 1.41. The molecule has 1 N–H and O–H groups in total. The quantitative estimate of drug-likeness (QED) is 0.923. The standard InChI is InChI=1S/C12H13ClN4O/c1-8-3-4-9(13)5-10(8)12(18)17(2)6-11-14-7-15-16-11/h3-5,7H,6H2,1-2H3,(H,14,15,16). The van der Waals surface area contributed by atoms with Crippen LogP contribution in [0.15, 0.2) is 24.5 Å². The summed E-state index contributed by atoms with van der Waals surface area (Å²) in [4.78, 5) is 17.8. The van der Waals surface area contributed by atoms with Crippen LogP contribution in [-0.2, 0) is 6.54 Å². The lowest BCUT2D eigenvalue weighted by Gasteiger charge is -2.17. The maximum Gasteiger partial charge on any atom is 0.254 e. The minimum atomic E-state index is -0.0913. The van der Waals surface area contributed by atoms with Gasteiger partial charge in [-0.1, -0.05) is 17.7 Å². The number of benzene rings is 1. The zero-order valence-electron chi connectivity index (χ0n) is 10.1. The van der Waals surface area contributed by atoms with Crippen LogP contribution in [-0.4, -0.2) is 33.0 Å². The van der Waals surface area contributed by atoms with Gasteiger partial charge >= 0.3 is 0 Å². The van der Waals surface area contributed by atoms with Crippen LogP contribution in [0.25, 0.3) is 0 Å². The van der Waals surface area contributed by atoms with Crippen molar-refractivity contribution in [2.45, 2.75) is 13.5 Å². The highest BCUT2D eigenvalue weighted by Crippen LogP contribution is 2.17. The first-order chi connectivity index (χ1) is 8.58. The monoisotopic (exact) mass is 264 g/mol. The molecule has 1 aromatic heterocycles. The van der Waals surface area contributed by atoms with Crippen molar-refractivity contribution in [2.24, 2.45) is 0 Å². The summed E-state index contributed by atoms with van der Waals surface area (Å²) >= 11 is 5.91. The van der Waals surface area contributed by atoms with E-state index in [0.717, 1.165) is 5.56 Å². The predicted octanol–water partition coefficient (Wildman–Crippen LogP) is 2.04. The Hall–Kier alpha value is -1.88. The fourth-order valence-corrected chi connectivity index (χ4v) is 1.81. The molecule has 0 saturated heterocycles. The highest BCUT2D eigenvalue weighted by atomic mass is 35.5. The molecule has 0 fully saturated rings. The van der Waals surface area contributed by atoms with Crippen molar-refractivity contribution in [1.29, 1.82) is 0 Å².